The third kappa shape index (κ3) is 2.77. The molecule has 0 saturated carbocycles. The molecule has 0 spiro atoms. The Morgan fingerprint density at radius 3 is 2.70 bits per heavy atom. The Balaban J connectivity index is 1.75. The summed E-state index contributed by atoms with van der Waals surface area (Å²) in [5, 5.41) is 19.2. The van der Waals surface area contributed by atoms with Crippen molar-refractivity contribution < 1.29 is 14.6 Å². The van der Waals surface area contributed by atoms with Crippen molar-refractivity contribution in [1.29, 1.82) is 5.41 Å². The molecule has 0 fully saturated rings. The molecule has 1 aromatic heterocycles. The Kier molecular flexibility index (Phi) is 3.99. The number of hydrogen-bond donors (Lipinski definition) is 3. The zero-order valence-corrected chi connectivity index (χ0v) is 15.3. The van der Waals surface area contributed by atoms with E-state index in [0.717, 1.165) is 16.6 Å². The lowest BCUT2D eigenvalue weighted by Gasteiger charge is -2.21. The molecule has 1 aliphatic rings. The number of anilines is 1. The smallest absolute Gasteiger partial charge is 0.145 e. The molecule has 3 N–H and O–H groups in total. The van der Waals surface area contributed by atoms with Crippen LogP contribution < -0.4 is 14.4 Å². The lowest BCUT2D eigenvalue weighted by molar-refractivity contribution is 0.400. The zero-order valence-electron chi connectivity index (χ0n) is 15.3. The number of amidine groups is 1. The standard InChI is InChI=1S/C20H20N4O3/c1-11-4-6-13-14(8-11)23-20(22-13)18-16(25)10-24(19(18)21)15-9-12(26-2)5-7-17(15)27-3/h4-9,21,25H,10H2,1-3H3,(H,22,23). The second-order valence-corrected chi connectivity index (χ2v) is 6.40. The van der Waals surface area contributed by atoms with Gasteiger partial charge in [0, 0.05) is 6.07 Å². The fourth-order valence-corrected chi connectivity index (χ4v) is 3.28. The molecule has 0 bridgehead atoms. The molecule has 0 saturated heterocycles. The maximum absolute atomic E-state index is 10.6. The molecular weight excluding hydrogens is 344 g/mol. The largest absolute Gasteiger partial charge is 0.509 e. The third-order valence-electron chi connectivity index (χ3n) is 4.65. The normalized spacial score (nSPS) is 14.3. The first kappa shape index (κ1) is 17.0. The molecule has 138 valence electrons. The van der Waals surface area contributed by atoms with E-state index >= 15 is 0 Å². The number of fused-ring (bicyclic) bond motifs is 1. The number of aliphatic hydroxyl groups excluding tert-OH is 1. The summed E-state index contributed by atoms with van der Waals surface area (Å²) >= 11 is 0. The molecule has 2 aromatic carbocycles. The van der Waals surface area contributed by atoms with E-state index in [0.29, 0.717) is 28.6 Å². The molecule has 0 aliphatic carbocycles. The summed E-state index contributed by atoms with van der Waals surface area (Å²) in [4.78, 5) is 9.43. The Bertz CT molecular complexity index is 1080. The number of nitrogens with one attached hydrogen (secondary N) is 2. The van der Waals surface area contributed by atoms with Crippen LogP contribution in [0.2, 0.25) is 0 Å². The second kappa shape index (κ2) is 6.35. The van der Waals surface area contributed by atoms with Gasteiger partial charge >= 0.3 is 0 Å². The zero-order chi connectivity index (χ0) is 19.1. The van der Waals surface area contributed by atoms with Gasteiger partial charge in [0.15, 0.2) is 0 Å². The van der Waals surface area contributed by atoms with E-state index < -0.39 is 0 Å². The van der Waals surface area contributed by atoms with Gasteiger partial charge in [-0.15, -0.1) is 0 Å². The molecule has 7 nitrogen and oxygen atoms in total. The van der Waals surface area contributed by atoms with E-state index in [2.05, 4.69) is 9.97 Å². The van der Waals surface area contributed by atoms with E-state index in [4.69, 9.17) is 14.9 Å². The van der Waals surface area contributed by atoms with Gasteiger partial charge in [0.05, 0.1) is 43.1 Å². The maximum Gasteiger partial charge on any atom is 0.145 e. The molecule has 3 aromatic rings. The monoisotopic (exact) mass is 364 g/mol. The van der Waals surface area contributed by atoms with Crippen molar-refractivity contribution in [2.75, 3.05) is 25.7 Å². The fourth-order valence-electron chi connectivity index (χ4n) is 3.28. The summed E-state index contributed by atoms with van der Waals surface area (Å²) < 4.78 is 10.7. The van der Waals surface area contributed by atoms with Crippen LogP contribution in [0.4, 0.5) is 5.69 Å². The van der Waals surface area contributed by atoms with Crippen LogP contribution in [0.5, 0.6) is 11.5 Å². The van der Waals surface area contributed by atoms with Crippen molar-refractivity contribution in [1.82, 2.24) is 9.97 Å². The van der Waals surface area contributed by atoms with Gasteiger partial charge in [-0.3, -0.25) is 5.41 Å². The number of H-pyrrole nitrogens is 1. The number of imidazole rings is 1. The van der Waals surface area contributed by atoms with E-state index in [1.807, 2.05) is 25.1 Å². The quantitative estimate of drug-likeness (QED) is 0.657. The van der Waals surface area contributed by atoms with Crippen LogP contribution in [0.25, 0.3) is 16.6 Å². The SMILES string of the molecule is COc1ccc(OC)c(N2CC(O)=C(c3nc4ccc(C)cc4[nH]3)C2=N)c1. The molecule has 0 unspecified atom stereocenters. The average molecular weight is 364 g/mol. The van der Waals surface area contributed by atoms with Crippen LogP contribution in [0.15, 0.2) is 42.2 Å². The highest BCUT2D eigenvalue weighted by Gasteiger charge is 2.33. The number of ether oxygens (including phenoxy) is 2. The van der Waals surface area contributed by atoms with Crippen molar-refractivity contribution in [3.8, 4) is 11.5 Å². The van der Waals surface area contributed by atoms with Gasteiger partial charge in [-0.05, 0) is 36.8 Å². The fraction of sp³-hybridized carbons (Fsp3) is 0.200. The summed E-state index contributed by atoms with van der Waals surface area (Å²) in [5.41, 5.74) is 3.81. The molecule has 27 heavy (non-hydrogen) atoms. The predicted octanol–water partition coefficient (Wildman–Crippen LogP) is 3.66. The number of aromatic amines is 1. The average Bonchev–Trinajstić information content (AvgIpc) is 3.20. The summed E-state index contributed by atoms with van der Waals surface area (Å²) in [6, 6.07) is 11.2. The van der Waals surface area contributed by atoms with Crippen LogP contribution in [-0.2, 0) is 0 Å². The van der Waals surface area contributed by atoms with Crippen molar-refractivity contribution in [2.45, 2.75) is 6.92 Å². The van der Waals surface area contributed by atoms with Crippen molar-refractivity contribution >= 4 is 28.1 Å². The van der Waals surface area contributed by atoms with Gasteiger partial charge in [-0.25, -0.2) is 4.98 Å². The molecular formula is C20H20N4O3. The molecule has 2 heterocycles. The highest BCUT2D eigenvalue weighted by atomic mass is 16.5. The van der Waals surface area contributed by atoms with Gasteiger partial charge < -0.3 is 24.5 Å². The van der Waals surface area contributed by atoms with Crippen LogP contribution in [0.3, 0.4) is 0 Å². The first-order chi connectivity index (χ1) is 13.0. The minimum Gasteiger partial charge on any atom is -0.509 e. The van der Waals surface area contributed by atoms with E-state index in [1.54, 1.807) is 37.3 Å². The molecule has 4 rings (SSSR count). The number of aromatic nitrogens is 2. The Morgan fingerprint density at radius 2 is 1.96 bits per heavy atom. The Hall–Kier alpha value is -3.48. The first-order valence-corrected chi connectivity index (χ1v) is 8.49. The van der Waals surface area contributed by atoms with E-state index in [9.17, 15) is 5.11 Å². The van der Waals surface area contributed by atoms with Gasteiger partial charge in [0.25, 0.3) is 0 Å². The summed E-state index contributed by atoms with van der Waals surface area (Å²) in [7, 11) is 3.15. The van der Waals surface area contributed by atoms with Crippen LogP contribution in [0.1, 0.15) is 11.4 Å². The molecule has 7 heteroatoms. The topological polar surface area (TPSA) is 94.5 Å². The number of aryl methyl sites for hydroxylation is 1. The molecule has 0 amide bonds. The van der Waals surface area contributed by atoms with E-state index in [-0.39, 0.29) is 18.1 Å². The highest BCUT2D eigenvalue weighted by Crippen LogP contribution is 2.38. The Morgan fingerprint density at radius 1 is 1.15 bits per heavy atom. The number of methoxy groups -OCH3 is 2. The third-order valence-corrected chi connectivity index (χ3v) is 4.65. The summed E-state index contributed by atoms with van der Waals surface area (Å²) in [6.45, 7) is 2.17. The minimum atomic E-state index is 0.0839. The van der Waals surface area contributed by atoms with Gasteiger partial charge in [0.2, 0.25) is 0 Å². The molecule has 0 radical (unpaired) electrons. The number of nitrogens with zero attached hydrogens (tertiary/aromatic N) is 2. The van der Waals surface area contributed by atoms with Crippen LogP contribution >= 0.6 is 0 Å². The highest BCUT2D eigenvalue weighted by molar-refractivity contribution is 6.30. The van der Waals surface area contributed by atoms with E-state index in [1.165, 1.54) is 0 Å². The van der Waals surface area contributed by atoms with Crippen LogP contribution in [-0.4, -0.2) is 41.7 Å². The lowest BCUT2D eigenvalue weighted by Crippen LogP contribution is -2.26. The van der Waals surface area contributed by atoms with Gasteiger partial charge in [0.1, 0.15) is 28.9 Å². The second-order valence-electron chi connectivity index (χ2n) is 6.40. The van der Waals surface area contributed by atoms with Crippen molar-refractivity contribution in [3.63, 3.8) is 0 Å². The summed E-state index contributed by atoms with van der Waals surface area (Å²) in [6.07, 6.45) is 0. The predicted molar refractivity (Wildman–Crippen MR) is 105 cm³/mol. The molecule has 1 aliphatic heterocycles. The van der Waals surface area contributed by atoms with Gasteiger partial charge in [-0.2, -0.15) is 0 Å². The Labute approximate surface area is 156 Å². The first-order valence-electron chi connectivity index (χ1n) is 8.49. The summed E-state index contributed by atoms with van der Waals surface area (Å²) in [5.74, 6) is 1.94. The van der Waals surface area contributed by atoms with Crippen molar-refractivity contribution in [2.24, 2.45) is 0 Å². The number of rotatable bonds is 4. The number of benzene rings is 2. The van der Waals surface area contributed by atoms with Gasteiger partial charge in [-0.1, -0.05) is 6.07 Å². The van der Waals surface area contributed by atoms with Crippen molar-refractivity contribution in [3.05, 3.63) is 53.5 Å². The molecule has 0 atom stereocenters. The lowest BCUT2D eigenvalue weighted by atomic mass is 10.2. The van der Waals surface area contributed by atoms with Crippen LogP contribution in [0, 0.1) is 12.3 Å². The maximum atomic E-state index is 10.6. The number of hydrogen-bond acceptors (Lipinski definition) is 5. The minimum absolute atomic E-state index is 0.0839. The number of aliphatic hydroxyl groups is 1.